The maximum atomic E-state index is 13.6. The first-order valence-electron chi connectivity index (χ1n) is 11.9. The third-order valence-electron chi connectivity index (χ3n) is 5.98. The summed E-state index contributed by atoms with van der Waals surface area (Å²) in [5, 5.41) is 3.18. The van der Waals surface area contributed by atoms with Crippen molar-refractivity contribution in [1.29, 1.82) is 0 Å². The molecule has 4 rings (SSSR count). The zero-order valence-corrected chi connectivity index (χ0v) is 22.2. The molecule has 1 aliphatic heterocycles. The number of carbonyl (C=O) groups is 2. The maximum Gasteiger partial charge on any atom is 0.264 e. The van der Waals surface area contributed by atoms with Gasteiger partial charge in [0, 0.05) is 29.4 Å². The number of halogens is 1. The first-order chi connectivity index (χ1) is 17.7. The van der Waals surface area contributed by atoms with E-state index in [9.17, 15) is 18.0 Å². The molecule has 1 aliphatic rings. The Balaban J connectivity index is 1.61. The van der Waals surface area contributed by atoms with Crippen LogP contribution in [0, 0.1) is 6.92 Å². The normalized spacial score (nSPS) is 13.5. The lowest BCUT2D eigenvalue weighted by molar-refractivity contribution is -0.117. The van der Waals surface area contributed by atoms with Crippen LogP contribution in [0.25, 0.3) is 0 Å². The summed E-state index contributed by atoms with van der Waals surface area (Å²) in [6, 6.07) is 17.6. The van der Waals surface area contributed by atoms with Crippen LogP contribution >= 0.6 is 11.6 Å². The van der Waals surface area contributed by atoms with Gasteiger partial charge in [-0.2, -0.15) is 0 Å². The fraction of sp³-hybridized carbons (Fsp3) is 0.259. The summed E-state index contributed by atoms with van der Waals surface area (Å²) in [5.74, 6) is 0.0967. The lowest BCUT2D eigenvalue weighted by Crippen LogP contribution is -2.38. The number of amides is 2. The second-order valence-electron chi connectivity index (χ2n) is 8.59. The van der Waals surface area contributed by atoms with Gasteiger partial charge in [0.2, 0.25) is 11.8 Å². The van der Waals surface area contributed by atoms with E-state index in [-0.39, 0.29) is 10.8 Å². The van der Waals surface area contributed by atoms with Gasteiger partial charge in [-0.25, -0.2) is 8.42 Å². The average molecular weight is 542 g/mol. The Morgan fingerprint density at radius 1 is 1.08 bits per heavy atom. The molecular weight excluding hydrogens is 514 g/mol. The van der Waals surface area contributed by atoms with Crippen LogP contribution in [-0.2, 0) is 19.6 Å². The van der Waals surface area contributed by atoms with Crippen molar-refractivity contribution in [3.05, 3.63) is 77.3 Å². The number of nitrogens with zero attached hydrogens (tertiary/aromatic N) is 2. The molecule has 8 nitrogen and oxygen atoms in total. The largest absolute Gasteiger partial charge is 0.494 e. The summed E-state index contributed by atoms with van der Waals surface area (Å²) >= 11 is 5.95. The highest BCUT2D eigenvalue weighted by molar-refractivity contribution is 7.92. The van der Waals surface area contributed by atoms with Crippen molar-refractivity contribution in [2.75, 3.05) is 34.2 Å². The summed E-state index contributed by atoms with van der Waals surface area (Å²) in [6.07, 6.45) is 1.28. The molecule has 37 heavy (non-hydrogen) atoms. The minimum Gasteiger partial charge on any atom is -0.494 e. The first-order valence-corrected chi connectivity index (χ1v) is 13.7. The van der Waals surface area contributed by atoms with Crippen LogP contribution < -0.4 is 19.3 Å². The number of nitrogens with one attached hydrogen (secondary N) is 1. The maximum absolute atomic E-state index is 13.6. The molecule has 0 aromatic heterocycles. The van der Waals surface area contributed by atoms with Crippen molar-refractivity contribution in [3.63, 3.8) is 0 Å². The topological polar surface area (TPSA) is 96.0 Å². The van der Waals surface area contributed by atoms with Crippen LogP contribution in [0.1, 0.15) is 25.3 Å². The van der Waals surface area contributed by atoms with Gasteiger partial charge in [-0.3, -0.25) is 13.9 Å². The molecule has 1 fully saturated rings. The van der Waals surface area contributed by atoms with Crippen LogP contribution in [0.2, 0.25) is 5.02 Å². The number of ether oxygens (including phenoxy) is 1. The zero-order valence-electron chi connectivity index (χ0n) is 20.6. The highest BCUT2D eigenvalue weighted by Crippen LogP contribution is 2.29. The molecule has 0 radical (unpaired) electrons. The molecule has 0 unspecified atom stereocenters. The molecule has 3 aromatic rings. The van der Waals surface area contributed by atoms with Gasteiger partial charge < -0.3 is 15.0 Å². The molecular formula is C27H28ClN3O5S. The summed E-state index contributed by atoms with van der Waals surface area (Å²) in [7, 11) is -4.10. The third kappa shape index (κ3) is 6.06. The predicted molar refractivity (Wildman–Crippen MR) is 145 cm³/mol. The highest BCUT2D eigenvalue weighted by atomic mass is 35.5. The Labute approximate surface area is 221 Å². The minimum atomic E-state index is -4.10. The van der Waals surface area contributed by atoms with E-state index in [1.54, 1.807) is 41.3 Å². The first kappa shape index (κ1) is 26.5. The number of hydrogen-bond acceptors (Lipinski definition) is 5. The van der Waals surface area contributed by atoms with Crippen molar-refractivity contribution in [2.45, 2.75) is 31.6 Å². The van der Waals surface area contributed by atoms with E-state index in [0.29, 0.717) is 41.7 Å². The van der Waals surface area contributed by atoms with E-state index in [1.807, 2.05) is 19.9 Å². The Morgan fingerprint density at radius 2 is 1.78 bits per heavy atom. The number of hydrogen-bond donors (Lipinski definition) is 1. The number of sulfonamides is 1. The Kier molecular flexibility index (Phi) is 8.04. The van der Waals surface area contributed by atoms with Gasteiger partial charge in [-0.1, -0.05) is 17.7 Å². The predicted octanol–water partition coefficient (Wildman–Crippen LogP) is 5.01. The second kappa shape index (κ2) is 11.2. The second-order valence-corrected chi connectivity index (χ2v) is 10.9. The summed E-state index contributed by atoms with van der Waals surface area (Å²) < 4.78 is 33.7. The molecule has 0 spiro atoms. The molecule has 0 atom stereocenters. The Hall–Kier alpha value is -3.56. The monoisotopic (exact) mass is 541 g/mol. The van der Waals surface area contributed by atoms with Gasteiger partial charge >= 0.3 is 0 Å². The molecule has 194 valence electrons. The van der Waals surface area contributed by atoms with Gasteiger partial charge in [0.05, 0.1) is 17.2 Å². The quantitative estimate of drug-likeness (QED) is 0.411. The fourth-order valence-corrected chi connectivity index (χ4v) is 5.68. The van der Waals surface area contributed by atoms with Crippen LogP contribution in [0.5, 0.6) is 5.75 Å². The van der Waals surface area contributed by atoms with Crippen molar-refractivity contribution < 1.29 is 22.7 Å². The van der Waals surface area contributed by atoms with E-state index >= 15 is 0 Å². The van der Waals surface area contributed by atoms with Crippen LogP contribution in [0.15, 0.2) is 71.6 Å². The molecule has 0 aliphatic carbocycles. The van der Waals surface area contributed by atoms with E-state index in [2.05, 4.69) is 5.32 Å². The number of benzene rings is 3. The summed E-state index contributed by atoms with van der Waals surface area (Å²) in [5.41, 5.74) is 2.42. The molecule has 1 N–H and O–H groups in total. The van der Waals surface area contributed by atoms with Gasteiger partial charge in [-0.15, -0.1) is 0 Å². The van der Waals surface area contributed by atoms with Crippen LogP contribution in [0.4, 0.5) is 17.1 Å². The van der Waals surface area contributed by atoms with Gasteiger partial charge in [-0.05, 0) is 86.5 Å². The molecule has 0 saturated carbocycles. The molecule has 0 bridgehead atoms. The molecule has 1 saturated heterocycles. The van der Waals surface area contributed by atoms with Crippen molar-refractivity contribution in [1.82, 2.24) is 0 Å². The standard InChI is InChI=1S/C27H28ClN3O5S/c1-3-36-23-12-10-22(11-13-23)31(37(34,35)24-14-7-20(28)8-15-24)18-26(32)29-21-9-6-19(2)25(17-21)30-16-4-5-27(30)33/h6-15,17H,3-5,16,18H2,1-2H3,(H,29,32). The van der Waals surface area contributed by atoms with Crippen LogP contribution in [0.3, 0.4) is 0 Å². The van der Waals surface area contributed by atoms with E-state index < -0.39 is 22.5 Å². The molecule has 3 aromatic carbocycles. The number of carbonyl (C=O) groups excluding carboxylic acids is 2. The van der Waals surface area contributed by atoms with E-state index in [4.69, 9.17) is 16.3 Å². The van der Waals surface area contributed by atoms with Crippen molar-refractivity contribution in [2.24, 2.45) is 0 Å². The number of rotatable bonds is 9. The lowest BCUT2D eigenvalue weighted by Gasteiger charge is -2.25. The number of aryl methyl sites for hydroxylation is 1. The average Bonchev–Trinajstić information content (AvgIpc) is 3.30. The summed E-state index contributed by atoms with van der Waals surface area (Å²) in [6.45, 7) is 4.38. The Morgan fingerprint density at radius 3 is 2.41 bits per heavy atom. The molecule has 10 heteroatoms. The summed E-state index contributed by atoms with van der Waals surface area (Å²) in [4.78, 5) is 27.1. The lowest BCUT2D eigenvalue weighted by atomic mass is 10.1. The van der Waals surface area contributed by atoms with Crippen molar-refractivity contribution >= 4 is 50.5 Å². The SMILES string of the molecule is CCOc1ccc(N(CC(=O)Nc2ccc(C)c(N3CCCC3=O)c2)S(=O)(=O)c2ccc(Cl)cc2)cc1. The Bertz CT molecular complexity index is 1390. The van der Waals surface area contributed by atoms with Crippen molar-refractivity contribution in [3.8, 4) is 5.75 Å². The van der Waals surface area contributed by atoms with E-state index in [1.165, 1.54) is 24.3 Å². The van der Waals surface area contributed by atoms with Crippen LogP contribution in [-0.4, -0.2) is 39.9 Å². The molecule has 2 amide bonds. The van der Waals surface area contributed by atoms with Gasteiger partial charge in [0.1, 0.15) is 12.3 Å². The third-order valence-corrected chi connectivity index (χ3v) is 8.02. The minimum absolute atomic E-state index is 0.00347. The fourth-order valence-electron chi connectivity index (χ4n) is 4.14. The highest BCUT2D eigenvalue weighted by Gasteiger charge is 2.28. The van der Waals surface area contributed by atoms with Gasteiger partial charge in [0.25, 0.3) is 10.0 Å². The van der Waals surface area contributed by atoms with E-state index in [0.717, 1.165) is 22.0 Å². The van der Waals surface area contributed by atoms with Gasteiger partial charge in [0.15, 0.2) is 0 Å². The zero-order chi connectivity index (χ0) is 26.6. The smallest absolute Gasteiger partial charge is 0.264 e. The number of anilines is 3. The molecule has 1 heterocycles.